The van der Waals surface area contributed by atoms with Gasteiger partial charge in [-0.05, 0) is 35.9 Å². The van der Waals surface area contributed by atoms with Crippen LogP contribution in [0.3, 0.4) is 0 Å². The first-order valence-electron chi connectivity index (χ1n) is 5.86. The Kier molecular flexibility index (Phi) is 2.44. The maximum atomic E-state index is 3.49. The number of H-pyrrole nitrogens is 1. The van der Waals surface area contributed by atoms with Crippen LogP contribution in [0.4, 0.5) is 0 Å². The monoisotopic (exact) mass is 229 g/mol. The topological polar surface area (TPSA) is 15.8 Å². The molecule has 0 bridgehead atoms. The van der Waals surface area contributed by atoms with Gasteiger partial charge in [-0.3, -0.25) is 0 Å². The molecule has 0 saturated carbocycles. The van der Waals surface area contributed by atoms with Crippen molar-refractivity contribution in [3.8, 4) is 0 Å². The van der Waals surface area contributed by atoms with Crippen LogP contribution in [-0.2, 0) is 6.42 Å². The zero-order valence-corrected chi connectivity index (χ0v) is 10.2. The Balaban J connectivity index is 2.10. The maximum Gasteiger partial charge on any atom is 0.101 e. The molecule has 0 radical (unpaired) electrons. The Labute approximate surface area is 99.1 Å². The number of rotatable bonds is 3. The van der Waals surface area contributed by atoms with Gasteiger partial charge in [0.1, 0.15) is 4.83 Å². The summed E-state index contributed by atoms with van der Waals surface area (Å²) in [7, 11) is 0. The van der Waals surface area contributed by atoms with Crippen molar-refractivity contribution in [2.75, 3.05) is 0 Å². The van der Waals surface area contributed by atoms with Crippen LogP contribution in [0.25, 0.3) is 21.1 Å². The molecule has 2 aromatic heterocycles. The van der Waals surface area contributed by atoms with Crippen LogP contribution in [0.1, 0.15) is 25.3 Å². The minimum atomic E-state index is 1.19. The lowest BCUT2D eigenvalue weighted by Crippen LogP contribution is -1.83. The van der Waals surface area contributed by atoms with Crippen molar-refractivity contribution in [2.24, 2.45) is 0 Å². The van der Waals surface area contributed by atoms with Gasteiger partial charge in [0.15, 0.2) is 0 Å². The van der Waals surface area contributed by atoms with Crippen LogP contribution >= 0.6 is 11.3 Å². The van der Waals surface area contributed by atoms with Gasteiger partial charge in [-0.2, -0.15) is 0 Å². The molecule has 0 spiro atoms. The van der Waals surface area contributed by atoms with Crippen LogP contribution in [0.5, 0.6) is 0 Å². The van der Waals surface area contributed by atoms with Gasteiger partial charge < -0.3 is 4.98 Å². The molecule has 0 saturated heterocycles. The summed E-state index contributed by atoms with van der Waals surface area (Å²) >= 11 is 1.78. The van der Waals surface area contributed by atoms with E-state index >= 15 is 0 Å². The van der Waals surface area contributed by atoms with Crippen molar-refractivity contribution in [3.05, 3.63) is 35.2 Å². The number of nitrogens with one attached hydrogen (secondary N) is 1. The summed E-state index contributed by atoms with van der Waals surface area (Å²) in [4.78, 5) is 4.79. The van der Waals surface area contributed by atoms with Crippen LogP contribution < -0.4 is 0 Å². The lowest BCUT2D eigenvalue weighted by atomic mass is 10.1. The average Bonchev–Trinajstić information content (AvgIpc) is 2.85. The predicted molar refractivity (Wildman–Crippen MR) is 72.3 cm³/mol. The predicted octanol–water partition coefficient (Wildman–Crippen LogP) is 4.73. The second kappa shape index (κ2) is 3.95. The van der Waals surface area contributed by atoms with Gasteiger partial charge in [0.05, 0.1) is 0 Å². The highest BCUT2D eigenvalue weighted by Crippen LogP contribution is 2.29. The number of hydrogen-bond donors (Lipinski definition) is 1. The average molecular weight is 229 g/mol. The molecule has 2 heteroatoms. The first kappa shape index (κ1) is 9.91. The van der Waals surface area contributed by atoms with Crippen molar-refractivity contribution in [2.45, 2.75) is 26.2 Å². The van der Waals surface area contributed by atoms with Gasteiger partial charge in [0.2, 0.25) is 0 Å². The fourth-order valence-electron chi connectivity index (χ4n) is 2.21. The number of hydrogen-bond acceptors (Lipinski definition) is 1. The molecule has 1 aromatic carbocycles. The minimum Gasteiger partial charge on any atom is -0.346 e. The molecule has 0 fully saturated rings. The van der Waals surface area contributed by atoms with E-state index in [2.05, 4.69) is 41.6 Å². The molecule has 16 heavy (non-hydrogen) atoms. The van der Waals surface area contributed by atoms with Gasteiger partial charge in [-0.25, -0.2) is 0 Å². The number of aryl methyl sites for hydroxylation is 1. The second-order valence-electron chi connectivity index (χ2n) is 4.27. The van der Waals surface area contributed by atoms with Crippen molar-refractivity contribution < 1.29 is 0 Å². The molecular weight excluding hydrogens is 214 g/mol. The first-order chi connectivity index (χ1) is 7.88. The molecule has 0 atom stereocenters. The normalized spacial score (nSPS) is 11.6. The summed E-state index contributed by atoms with van der Waals surface area (Å²) in [6.45, 7) is 2.24. The molecule has 3 rings (SSSR count). The van der Waals surface area contributed by atoms with Gasteiger partial charge >= 0.3 is 0 Å². The van der Waals surface area contributed by atoms with Crippen molar-refractivity contribution in [1.82, 2.24) is 4.98 Å². The molecule has 0 aliphatic carbocycles. The van der Waals surface area contributed by atoms with E-state index in [9.17, 15) is 0 Å². The van der Waals surface area contributed by atoms with E-state index in [0.717, 1.165) is 0 Å². The highest BCUT2D eigenvalue weighted by Gasteiger charge is 2.05. The zero-order chi connectivity index (χ0) is 11.0. The Morgan fingerprint density at radius 2 is 2.12 bits per heavy atom. The lowest BCUT2D eigenvalue weighted by molar-refractivity contribution is 0.796. The Morgan fingerprint density at radius 3 is 3.00 bits per heavy atom. The molecule has 82 valence electrons. The number of thiophene rings is 1. The zero-order valence-electron chi connectivity index (χ0n) is 9.42. The van der Waals surface area contributed by atoms with Crippen LogP contribution in [0.15, 0.2) is 29.6 Å². The molecule has 0 aliphatic heterocycles. The van der Waals surface area contributed by atoms with E-state index in [-0.39, 0.29) is 0 Å². The standard InChI is InChI=1S/C14H15NS/c1-2-3-4-10-5-6-11-12-7-8-16-14(12)15-13(11)9-10/h5-9,15H,2-4H2,1H3. The molecule has 1 nitrogen and oxygen atoms in total. The maximum absolute atomic E-state index is 3.49. The fraction of sp³-hybridized carbons (Fsp3) is 0.286. The van der Waals surface area contributed by atoms with E-state index in [0.29, 0.717) is 0 Å². The number of aromatic nitrogens is 1. The van der Waals surface area contributed by atoms with E-state index in [1.807, 2.05) is 0 Å². The van der Waals surface area contributed by atoms with Gasteiger partial charge in [0.25, 0.3) is 0 Å². The van der Waals surface area contributed by atoms with Crippen LogP contribution in [0, 0.1) is 0 Å². The number of unbranched alkanes of at least 4 members (excludes halogenated alkanes) is 1. The summed E-state index contributed by atoms with van der Waals surface area (Å²) < 4.78 is 0. The summed E-state index contributed by atoms with van der Waals surface area (Å²) in [5.74, 6) is 0. The third-order valence-corrected chi connectivity index (χ3v) is 3.94. The molecule has 2 heterocycles. The molecule has 0 amide bonds. The Bertz CT molecular complexity index is 618. The SMILES string of the molecule is CCCCc1ccc2c(c1)[nH]c1sccc12. The fourth-order valence-corrected chi connectivity index (χ4v) is 3.02. The second-order valence-corrected chi connectivity index (χ2v) is 5.19. The quantitative estimate of drug-likeness (QED) is 0.668. The summed E-state index contributed by atoms with van der Waals surface area (Å²) in [5, 5.41) is 4.87. The number of aromatic amines is 1. The molecule has 3 aromatic rings. The Morgan fingerprint density at radius 1 is 1.19 bits per heavy atom. The van der Waals surface area contributed by atoms with Crippen LogP contribution in [-0.4, -0.2) is 4.98 Å². The largest absolute Gasteiger partial charge is 0.346 e. The van der Waals surface area contributed by atoms with Crippen molar-refractivity contribution in [1.29, 1.82) is 0 Å². The highest BCUT2D eigenvalue weighted by atomic mass is 32.1. The summed E-state index contributed by atoms with van der Waals surface area (Å²) in [5.41, 5.74) is 2.73. The molecule has 1 N–H and O–H groups in total. The first-order valence-corrected chi connectivity index (χ1v) is 6.74. The minimum absolute atomic E-state index is 1.19. The van der Waals surface area contributed by atoms with E-state index in [4.69, 9.17) is 0 Å². The highest BCUT2D eigenvalue weighted by molar-refractivity contribution is 7.17. The van der Waals surface area contributed by atoms with Gasteiger partial charge in [-0.15, -0.1) is 11.3 Å². The third kappa shape index (κ3) is 1.54. The molecule has 0 unspecified atom stereocenters. The van der Waals surface area contributed by atoms with E-state index in [1.54, 1.807) is 11.3 Å². The van der Waals surface area contributed by atoms with E-state index in [1.165, 1.54) is 45.9 Å². The molecular formula is C14H15NS. The smallest absolute Gasteiger partial charge is 0.101 e. The Hall–Kier alpha value is -1.28. The van der Waals surface area contributed by atoms with Gasteiger partial charge in [0, 0.05) is 16.3 Å². The van der Waals surface area contributed by atoms with Crippen molar-refractivity contribution in [3.63, 3.8) is 0 Å². The number of fused-ring (bicyclic) bond motifs is 3. The number of benzene rings is 1. The van der Waals surface area contributed by atoms with Gasteiger partial charge in [-0.1, -0.05) is 25.5 Å². The van der Waals surface area contributed by atoms with Crippen LogP contribution in [0.2, 0.25) is 0 Å². The summed E-state index contributed by atoms with van der Waals surface area (Å²) in [6.07, 6.45) is 3.73. The van der Waals surface area contributed by atoms with Crippen molar-refractivity contribution >= 4 is 32.5 Å². The van der Waals surface area contributed by atoms with E-state index < -0.39 is 0 Å². The molecule has 0 aliphatic rings. The summed E-state index contributed by atoms with van der Waals surface area (Å²) in [6, 6.07) is 9.02. The lowest BCUT2D eigenvalue weighted by Gasteiger charge is -1.99. The third-order valence-electron chi connectivity index (χ3n) is 3.11.